The summed E-state index contributed by atoms with van der Waals surface area (Å²) in [5.41, 5.74) is -0.332. The lowest BCUT2D eigenvalue weighted by Gasteiger charge is -2.47. The molecule has 2 saturated carbocycles. The number of anilines is 1. The first-order valence-corrected chi connectivity index (χ1v) is 11.3. The zero-order valence-corrected chi connectivity index (χ0v) is 19.0. The van der Waals surface area contributed by atoms with E-state index in [2.05, 4.69) is 33.9 Å². The first-order valence-electron chi connectivity index (χ1n) is 11.3. The number of aryl methyl sites for hydroxylation is 1. The molecule has 1 aromatic carbocycles. The number of aromatic nitrogens is 3. The molecule has 3 N–H and O–H groups in total. The normalized spacial score (nSPS) is 29.8. The Kier molecular flexibility index (Phi) is 5.00. The summed E-state index contributed by atoms with van der Waals surface area (Å²) in [7, 11) is 0. The Morgan fingerprint density at radius 2 is 2.03 bits per heavy atom. The molecule has 2 bridgehead atoms. The third kappa shape index (κ3) is 3.08. The molecule has 2 aliphatic carbocycles. The van der Waals surface area contributed by atoms with Gasteiger partial charge in [0.15, 0.2) is 0 Å². The fourth-order valence-corrected chi connectivity index (χ4v) is 6.30. The SMILES string of the molecule is Cc1n[nH]c(N2CCO[C@@H]([C@@]34CC[C@@H](/C(=C/C(=N)c5c(F)cccc5F)C3=N)C4(C)C)C2)n1. The second-order valence-electron chi connectivity index (χ2n) is 9.78. The third-order valence-electron chi connectivity index (χ3n) is 7.99. The van der Waals surface area contributed by atoms with Gasteiger partial charge in [-0.05, 0) is 54.9 Å². The van der Waals surface area contributed by atoms with Crippen LogP contribution in [0.5, 0.6) is 0 Å². The average Bonchev–Trinajstić information content (AvgIpc) is 3.36. The number of hydrogen-bond donors (Lipinski definition) is 3. The minimum absolute atomic E-state index is 0.0201. The van der Waals surface area contributed by atoms with Crippen molar-refractivity contribution in [3.05, 3.63) is 52.9 Å². The van der Waals surface area contributed by atoms with E-state index in [-0.39, 0.29) is 28.7 Å². The highest BCUT2D eigenvalue weighted by atomic mass is 19.1. The van der Waals surface area contributed by atoms with E-state index >= 15 is 0 Å². The highest BCUT2D eigenvalue weighted by Crippen LogP contribution is 2.68. The lowest BCUT2D eigenvalue weighted by atomic mass is 9.64. The van der Waals surface area contributed by atoms with Gasteiger partial charge in [-0.2, -0.15) is 10.1 Å². The number of H-pyrrole nitrogens is 1. The molecule has 7 nitrogen and oxygen atoms in total. The van der Waals surface area contributed by atoms with Gasteiger partial charge >= 0.3 is 0 Å². The summed E-state index contributed by atoms with van der Waals surface area (Å²) in [5, 5.41) is 24.7. The number of hydrogen-bond acceptors (Lipinski definition) is 6. The number of allylic oxidation sites excluding steroid dienone is 2. The quantitative estimate of drug-likeness (QED) is 0.607. The van der Waals surface area contributed by atoms with E-state index in [0.717, 1.165) is 25.0 Å². The van der Waals surface area contributed by atoms with E-state index in [1.165, 1.54) is 12.1 Å². The van der Waals surface area contributed by atoms with Crippen LogP contribution in [0.15, 0.2) is 29.8 Å². The van der Waals surface area contributed by atoms with Gasteiger partial charge in [0.1, 0.15) is 17.5 Å². The van der Waals surface area contributed by atoms with Gasteiger partial charge in [0.25, 0.3) is 0 Å². The fraction of sp³-hybridized carbons (Fsp3) is 0.500. The molecule has 33 heavy (non-hydrogen) atoms. The lowest BCUT2D eigenvalue weighted by Crippen LogP contribution is -2.56. The molecular formula is C24H28F2N6O. The van der Waals surface area contributed by atoms with Crippen LogP contribution in [0.2, 0.25) is 0 Å². The van der Waals surface area contributed by atoms with Crippen molar-refractivity contribution >= 4 is 17.4 Å². The van der Waals surface area contributed by atoms with Crippen molar-refractivity contribution in [2.24, 2.45) is 16.7 Å². The zero-order chi connectivity index (χ0) is 23.5. The van der Waals surface area contributed by atoms with E-state index in [9.17, 15) is 14.2 Å². The molecule has 3 aliphatic rings. The largest absolute Gasteiger partial charge is 0.374 e. The Hall–Kier alpha value is -2.94. The average molecular weight is 455 g/mol. The fourth-order valence-electron chi connectivity index (χ4n) is 6.30. The third-order valence-corrected chi connectivity index (χ3v) is 7.99. The van der Waals surface area contributed by atoms with Crippen LogP contribution in [0, 0.1) is 46.1 Å². The Labute approximate surface area is 191 Å². The van der Waals surface area contributed by atoms with Crippen LogP contribution < -0.4 is 4.90 Å². The van der Waals surface area contributed by atoms with Gasteiger partial charge in [0.05, 0.1) is 24.0 Å². The number of benzene rings is 1. The van der Waals surface area contributed by atoms with Crippen LogP contribution in [0.25, 0.3) is 0 Å². The Morgan fingerprint density at radius 3 is 2.70 bits per heavy atom. The first-order chi connectivity index (χ1) is 15.7. The molecule has 1 aliphatic heterocycles. The number of nitrogens with zero attached hydrogens (tertiary/aromatic N) is 3. The summed E-state index contributed by atoms with van der Waals surface area (Å²) in [6.45, 7) is 7.88. The Morgan fingerprint density at radius 1 is 1.30 bits per heavy atom. The number of ether oxygens (including phenoxy) is 1. The lowest BCUT2D eigenvalue weighted by molar-refractivity contribution is -0.0545. The molecule has 1 aromatic heterocycles. The highest BCUT2D eigenvalue weighted by molar-refractivity contribution is 6.15. The van der Waals surface area contributed by atoms with Crippen LogP contribution in [0.3, 0.4) is 0 Å². The zero-order valence-electron chi connectivity index (χ0n) is 19.0. The second-order valence-corrected chi connectivity index (χ2v) is 9.78. The second kappa shape index (κ2) is 7.55. The van der Waals surface area contributed by atoms with Gasteiger partial charge in [0, 0.05) is 24.2 Å². The summed E-state index contributed by atoms with van der Waals surface area (Å²) in [4.78, 5) is 6.56. The number of morpholine rings is 1. The topological polar surface area (TPSA) is 102 Å². The molecule has 9 heteroatoms. The van der Waals surface area contributed by atoms with Crippen molar-refractivity contribution in [3.63, 3.8) is 0 Å². The van der Waals surface area contributed by atoms with Crippen molar-refractivity contribution in [2.75, 3.05) is 24.6 Å². The summed E-state index contributed by atoms with van der Waals surface area (Å²) in [6.07, 6.45) is 2.90. The predicted octanol–water partition coefficient (Wildman–Crippen LogP) is 4.05. The van der Waals surface area contributed by atoms with E-state index in [1.807, 2.05) is 6.92 Å². The monoisotopic (exact) mass is 454 g/mol. The van der Waals surface area contributed by atoms with E-state index in [4.69, 9.17) is 10.1 Å². The predicted molar refractivity (Wildman–Crippen MR) is 121 cm³/mol. The van der Waals surface area contributed by atoms with Crippen LogP contribution in [0.4, 0.5) is 14.7 Å². The van der Waals surface area contributed by atoms with E-state index in [0.29, 0.717) is 42.8 Å². The van der Waals surface area contributed by atoms with Gasteiger partial charge in [-0.1, -0.05) is 19.9 Å². The molecule has 0 amide bonds. The summed E-state index contributed by atoms with van der Waals surface area (Å²) >= 11 is 0. The van der Waals surface area contributed by atoms with E-state index in [1.54, 1.807) is 0 Å². The minimum atomic E-state index is -0.769. The molecule has 1 saturated heterocycles. The van der Waals surface area contributed by atoms with Gasteiger partial charge in [-0.3, -0.25) is 0 Å². The van der Waals surface area contributed by atoms with E-state index < -0.39 is 17.0 Å². The molecule has 2 aromatic rings. The summed E-state index contributed by atoms with van der Waals surface area (Å²) in [6, 6.07) is 3.59. The minimum Gasteiger partial charge on any atom is -0.374 e. The maximum absolute atomic E-state index is 14.3. The van der Waals surface area contributed by atoms with Crippen LogP contribution in [-0.4, -0.2) is 52.4 Å². The molecule has 174 valence electrons. The van der Waals surface area contributed by atoms with Gasteiger partial charge < -0.3 is 20.5 Å². The van der Waals surface area contributed by atoms with Crippen molar-refractivity contribution < 1.29 is 13.5 Å². The van der Waals surface area contributed by atoms with Gasteiger partial charge in [-0.15, -0.1) is 0 Å². The van der Waals surface area contributed by atoms with Crippen LogP contribution in [0.1, 0.15) is 38.1 Å². The Bertz CT molecular complexity index is 1150. The van der Waals surface area contributed by atoms with Crippen molar-refractivity contribution in [1.29, 1.82) is 10.8 Å². The number of halogens is 2. The molecular weight excluding hydrogens is 426 g/mol. The standard InChI is InChI=1S/C24H28F2N6O/c1-13-29-22(31-30-13)32-9-10-33-19(12-32)24-8-7-15(23(24,2)3)14(21(24)28)11-18(27)20-16(25)5-4-6-17(20)26/h4-6,11,15,19,27-28H,7-10,12H2,1-3H3,(H,29,30,31)/b14-11-,27-18?,28-21?/t15-,19+,24-/m0/s1. The number of rotatable bonds is 4. The summed E-state index contributed by atoms with van der Waals surface area (Å²) < 4.78 is 34.8. The Balaban J connectivity index is 1.49. The van der Waals surface area contributed by atoms with Crippen LogP contribution >= 0.6 is 0 Å². The van der Waals surface area contributed by atoms with Crippen molar-refractivity contribution in [3.8, 4) is 0 Å². The van der Waals surface area contributed by atoms with Crippen molar-refractivity contribution in [1.82, 2.24) is 15.2 Å². The number of nitrogens with one attached hydrogen (secondary N) is 3. The maximum atomic E-state index is 14.3. The van der Waals surface area contributed by atoms with Crippen molar-refractivity contribution in [2.45, 2.75) is 39.7 Å². The molecule has 2 heterocycles. The van der Waals surface area contributed by atoms with Gasteiger partial charge in [0.2, 0.25) is 5.95 Å². The summed E-state index contributed by atoms with van der Waals surface area (Å²) in [5.74, 6) is -0.151. The highest BCUT2D eigenvalue weighted by Gasteiger charge is 2.68. The molecule has 3 fully saturated rings. The maximum Gasteiger partial charge on any atom is 0.221 e. The first kappa shape index (κ1) is 21.9. The van der Waals surface area contributed by atoms with Gasteiger partial charge in [-0.25, -0.2) is 13.9 Å². The molecule has 3 atom stereocenters. The smallest absolute Gasteiger partial charge is 0.221 e. The molecule has 0 spiro atoms. The molecule has 0 radical (unpaired) electrons. The molecule has 5 rings (SSSR count). The number of fused-ring (bicyclic) bond motifs is 2. The number of aromatic amines is 1. The van der Waals surface area contributed by atoms with Crippen LogP contribution in [-0.2, 0) is 4.74 Å². The molecule has 0 unspecified atom stereocenters.